The highest BCUT2D eigenvalue weighted by Crippen LogP contribution is 2.51. The Bertz CT molecular complexity index is 2560. The molecule has 2 nitrogen and oxygen atoms in total. The van der Waals surface area contributed by atoms with Gasteiger partial charge in [-0.3, -0.25) is 0 Å². The summed E-state index contributed by atoms with van der Waals surface area (Å²) in [5.74, 6) is 0. The molecule has 2 heteroatoms. The zero-order valence-electron chi connectivity index (χ0n) is 27.4. The summed E-state index contributed by atoms with van der Waals surface area (Å²) >= 11 is 0. The number of para-hydroxylation sites is 1. The molecule has 0 aliphatic heterocycles. The van der Waals surface area contributed by atoms with Crippen LogP contribution in [0.4, 0.5) is 17.1 Å². The van der Waals surface area contributed by atoms with E-state index in [1.807, 2.05) is 12.1 Å². The Morgan fingerprint density at radius 2 is 0.800 bits per heavy atom. The second-order valence-electron chi connectivity index (χ2n) is 12.5. The van der Waals surface area contributed by atoms with Gasteiger partial charge in [-0.25, -0.2) is 0 Å². The van der Waals surface area contributed by atoms with Crippen molar-refractivity contribution in [1.29, 1.82) is 0 Å². The van der Waals surface area contributed by atoms with Crippen molar-refractivity contribution >= 4 is 39.0 Å². The third-order valence-electron chi connectivity index (χ3n) is 9.49. The summed E-state index contributed by atoms with van der Waals surface area (Å²) in [6.07, 6.45) is 0. The maximum absolute atomic E-state index is 6.49. The summed E-state index contributed by atoms with van der Waals surface area (Å²) in [6.45, 7) is 0. The number of nitrogens with zero attached hydrogens (tertiary/aromatic N) is 1. The molecule has 9 aromatic rings. The number of rotatable bonds is 7. The molecule has 8 aromatic carbocycles. The van der Waals surface area contributed by atoms with Crippen LogP contribution < -0.4 is 4.90 Å². The van der Waals surface area contributed by atoms with Gasteiger partial charge in [0.05, 0.1) is 5.69 Å². The lowest BCUT2D eigenvalue weighted by Gasteiger charge is -2.32. The summed E-state index contributed by atoms with van der Waals surface area (Å²) in [4.78, 5) is 2.42. The molecule has 0 unspecified atom stereocenters. The van der Waals surface area contributed by atoms with Gasteiger partial charge < -0.3 is 9.32 Å². The van der Waals surface area contributed by atoms with E-state index in [2.05, 4.69) is 193 Å². The topological polar surface area (TPSA) is 16.4 Å². The first-order chi connectivity index (χ1) is 24.8. The van der Waals surface area contributed by atoms with Gasteiger partial charge in [0.25, 0.3) is 0 Å². The molecule has 1 heterocycles. The van der Waals surface area contributed by atoms with Crippen molar-refractivity contribution in [2.75, 3.05) is 4.90 Å². The number of hydrogen-bond donors (Lipinski definition) is 0. The third-order valence-corrected chi connectivity index (χ3v) is 9.49. The Morgan fingerprint density at radius 1 is 0.320 bits per heavy atom. The Kier molecular flexibility index (Phi) is 7.53. The van der Waals surface area contributed by atoms with Crippen LogP contribution in [0.15, 0.2) is 205 Å². The van der Waals surface area contributed by atoms with Gasteiger partial charge in [-0.15, -0.1) is 0 Å². The first kappa shape index (κ1) is 29.5. The Balaban J connectivity index is 1.37. The Hall–Kier alpha value is -6.64. The van der Waals surface area contributed by atoms with Crippen LogP contribution in [0.5, 0.6) is 0 Å². The second-order valence-corrected chi connectivity index (χ2v) is 12.5. The maximum Gasteiger partial charge on any atom is 0.137 e. The minimum atomic E-state index is 0.858. The lowest BCUT2D eigenvalue weighted by molar-refractivity contribution is 0.669. The molecule has 1 aromatic heterocycles. The van der Waals surface area contributed by atoms with Crippen molar-refractivity contribution < 1.29 is 4.42 Å². The second kappa shape index (κ2) is 12.8. The number of furan rings is 1. The van der Waals surface area contributed by atoms with Crippen molar-refractivity contribution in [2.45, 2.75) is 0 Å². The Morgan fingerprint density at radius 3 is 1.46 bits per heavy atom. The maximum atomic E-state index is 6.49. The number of hydrogen-bond acceptors (Lipinski definition) is 2. The molecular formula is C48H33NO. The number of fused-ring (bicyclic) bond motifs is 3. The van der Waals surface area contributed by atoms with Crippen molar-refractivity contribution in [2.24, 2.45) is 0 Å². The molecule has 0 amide bonds. The molecule has 0 saturated heterocycles. The van der Waals surface area contributed by atoms with Gasteiger partial charge in [0.2, 0.25) is 0 Å². The SMILES string of the molecule is c1ccc(-c2ccc(N(c3ccc4c(c3)oc3ccccc34)c3c(-c4ccccc4)ccc(-c4ccccc4)c3-c3ccccc3)cc2)cc1. The summed E-state index contributed by atoms with van der Waals surface area (Å²) in [7, 11) is 0. The van der Waals surface area contributed by atoms with Crippen LogP contribution in [-0.4, -0.2) is 0 Å². The average molecular weight is 640 g/mol. The van der Waals surface area contributed by atoms with Gasteiger partial charge in [-0.2, -0.15) is 0 Å². The van der Waals surface area contributed by atoms with Gasteiger partial charge in [0.1, 0.15) is 11.2 Å². The smallest absolute Gasteiger partial charge is 0.137 e. The molecule has 0 N–H and O–H groups in total. The monoisotopic (exact) mass is 639 g/mol. The van der Waals surface area contributed by atoms with E-state index in [0.29, 0.717) is 0 Å². The van der Waals surface area contributed by atoms with Gasteiger partial charge in [0.15, 0.2) is 0 Å². The van der Waals surface area contributed by atoms with E-state index in [4.69, 9.17) is 4.42 Å². The zero-order chi connectivity index (χ0) is 33.3. The molecule has 0 radical (unpaired) electrons. The van der Waals surface area contributed by atoms with Crippen LogP contribution in [0.25, 0.3) is 66.4 Å². The van der Waals surface area contributed by atoms with E-state index in [-0.39, 0.29) is 0 Å². The van der Waals surface area contributed by atoms with Crippen LogP contribution in [0, 0.1) is 0 Å². The van der Waals surface area contributed by atoms with E-state index in [9.17, 15) is 0 Å². The normalized spacial score (nSPS) is 11.2. The molecule has 0 aliphatic rings. The summed E-state index contributed by atoms with van der Waals surface area (Å²) in [6, 6.07) is 71.2. The highest BCUT2D eigenvalue weighted by molar-refractivity contribution is 6.08. The van der Waals surface area contributed by atoms with Gasteiger partial charge >= 0.3 is 0 Å². The van der Waals surface area contributed by atoms with Crippen LogP contribution in [0.3, 0.4) is 0 Å². The van der Waals surface area contributed by atoms with E-state index < -0.39 is 0 Å². The van der Waals surface area contributed by atoms with Gasteiger partial charge in [-0.1, -0.05) is 164 Å². The van der Waals surface area contributed by atoms with Crippen LogP contribution >= 0.6 is 0 Å². The van der Waals surface area contributed by atoms with Crippen LogP contribution in [0.1, 0.15) is 0 Å². The third kappa shape index (κ3) is 5.34. The van der Waals surface area contributed by atoms with Crippen LogP contribution in [0.2, 0.25) is 0 Å². The zero-order valence-corrected chi connectivity index (χ0v) is 27.4. The van der Waals surface area contributed by atoms with E-state index in [0.717, 1.165) is 61.3 Å². The molecular weight excluding hydrogens is 607 g/mol. The van der Waals surface area contributed by atoms with Crippen molar-refractivity contribution in [3.63, 3.8) is 0 Å². The molecule has 236 valence electrons. The molecule has 50 heavy (non-hydrogen) atoms. The predicted molar refractivity (Wildman–Crippen MR) is 210 cm³/mol. The number of benzene rings is 8. The summed E-state index contributed by atoms with van der Waals surface area (Å²) in [5, 5.41) is 2.22. The van der Waals surface area contributed by atoms with E-state index >= 15 is 0 Å². The largest absolute Gasteiger partial charge is 0.456 e. The predicted octanol–water partition coefficient (Wildman–Crippen LogP) is 13.7. The molecule has 0 aliphatic carbocycles. The fourth-order valence-corrected chi connectivity index (χ4v) is 7.12. The standard InChI is InChI=1S/C48H33NO/c1-5-15-34(16-6-1)35-25-27-39(28-26-35)49(40-29-30-44-43-23-13-14-24-45(43)50-46(44)33-40)48-42(37-19-9-3-10-20-37)32-31-41(36-17-7-2-8-18-36)47(48)38-21-11-4-12-22-38/h1-33H. The minimum absolute atomic E-state index is 0.858. The van der Waals surface area contributed by atoms with Crippen molar-refractivity contribution in [3.05, 3.63) is 200 Å². The lowest BCUT2D eigenvalue weighted by Crippen LogP contribution is -2.13. The fourth-order valence-electron chi connectivity index (χ4n) is 7.12. The van der Waals surface area contributed by atoms with E-state index in [1.165, 1.54) is 22.3 Å². The molecule has 0 saturated carbocycles. The Labute approximate surface area is 292 Å². The van der Waals surface area contributed by atoms with Crippen molar-refractivity contribution in [3.8, 4) is 44.5 Å². The average Bonchev–Trinajstić information content (AvgIpc) is 3.57. The molecule has 0 spiro atoms. The van der Waals surface area contributed by atoms with E-state index in [1.54, 1.807) is 0 Å². The van der Waals surface area contributed by atoms with Crippen molar-refractivity contribution in [1.82, 2.24) is 0 Å². The van der Waals surface area contributed by atoms with Gasteiger partial charge in [-0.05, 0) is 63.7 Å². The lowest BCUT2D eigenvalue weighted by atomic mass is 9.87. The highest BCUT2D eigenvalue weighted by Gasteiger charge is 2.25. The molecule has 0 fully saturated rings. The van der Waals surface area contributed by atoms with Gasteiger partial charge in [0, 0.05) is 39.3 Å². The quantitative estimate of drug-likeness (QED) is 0.173. The molecule has 0 bridgehead atoms. The first-order valence-electron chi connectivity index (χ1n) is 17.0. The molecule has 0 atom stereocenters. The fraction of sp³-hybridized carbons (Fsp3) is 0. The summed E-state index contributed by atoms with van der Waals surface area (Å²) < 4.78 is 6.49. The van der Waals surface area contributed by atoms with Crippen LogP contribution in [-0.2, 0) is 0 Å². The highest BCUT2D eigenvalue weighted by atomic mass is 16.3. The first-order valence-corrected chi connectivity index (χ1v) is 17.0. The summed E-state index contributed by atoms with van der Waals surface area (Å²) in [5.41, 5.74) is 14.2. The minimum Gasteiger partial charge on any atom is -0.456 e. The molecule has 9 rings (SSSR count). The number of anilines is 3.